The van der Waals surface area contributed by atoms with E-state index >= 15 is 0 Å². The summed E-state index contributed by atoms with van der Waals surface area (Å²) in [5.74, 6) is 0. The molecular weight excluding hydrogens is 276 g/mol. The molecule has 0 unspecified atom stereocenters. The van der Waals surface area contributed by atoms with Gasteiger partial charge in [-0.05, 0) is 57.5 Å². The molecule has 6 nitrogen and oxygen atoms in total. The standard InChI is InChI=1S/C13H22N4O2S/c14-12-5-6-13(15-11-12)20(18,19)16-7-1-2-8-17-9-3-4-10-17/h5-6,11,16H,1-4,7-10,14H2. The number of anilines is 1. The van der Waals surface area contributed by atoms with Crippen LogP contribution < -0.4 is 10.5 Å². The van der Waals surface area contributed by atoms with Crippen LogP contribution in [0.3, 0.4) is 0 Å². The number of rotatable bonds is 7. The van der Waals surface area contributed by atoms with Crippen LogP contribution in [0.15, 0.2) is 23.4 Å². The molecule has 1 aliphatic heterocycles. The van der Waals surface area contributed by atoms with Crippen molar-refractivity contribution in [1.82, 2.24) is 14.6 Å². The number of nitrogens with one attached hydrogen (secondary N) is 1. The molecule has 2 rings (SSSR count). The lowest BCUT2D eigenvalue weighted by atomic mass is 10.3. The Morgan fingerprint density at radius 1 is 1.25 bits per heavy atom. The predicted octanol–water partition coefficient (Wildman–Crippen LogP) is 0.818. The van der Waals surface area contributed by atoms with Gasteiger partial charge in [0, 0.05) is 6.54 Å². The highest BCUT2D eigenvalue weighted by Crippen LogP contribution is 2.09. The van der Waals surface area contributed by atoms with E-state index in [0.717, 1.165) is 19.4 Å². The number of likely N-dealkylation sites (tertiary alicyclic amines) is 1. The summed E-state index contributed by atoms with van der Waals surface area (Å²) < 4.78 is 26.4. The summed E-state index contributed by atoms with van der Waals surface area (Å²) in [6.07, 6.45) is 5.77. The minimum Gasteiger partial charge on any atom is -0.397 e. The number of hydrogen-bond acceptors (Lipinski definition) is 5. The van der Waals surface area contributed by atoms with Crippen LogP contribution in [0.1, 0.15) is 25.7 Å². The van der Waals surface area contributed by atoms with E-state index in [1.807, 2.05) is 0 Å². The quantitative estimate of drug-likeness (QED) is 0.728. The molecule has 1 aromatic heterocycles. The number of nitrogen functional groups attached to an aromatic ring is 1. The van der Waals surface area contributed by atoms with Crippen molar-refractivity contribution in [3.63, 3.8) is 0 Å². The molecule has 0 bridgehead atoms. The number of aromatic nitrogens is 1. The zero-order chi connectivity index (χ0) is 14.4. The van der Waals surface area contributed by atoms with Gasteiger partial charge in [-0.1, -0.05) is 0 Å². The van der Waals surface area contributed by atoms with Crippen molar-refractivity contribution in [2.24, 2.45) is 0 Å². The topological polar surface area (TPSA) is 88.3 Å². The van der Waals surface area contributed by atoms with Gasteiger partial charge in [0.15, 0.2) is 5.03 Å². The molecule has 7 heteroatoms. The van der Waals surface area contributed by atoms with Crippen LogP contribution in [-0.4, -0.2) is 44.5 Å². The maximum Gasteiger partial charge on any atom is 0.258 e. The Labute approximate surface area is 120 Å². The molecule has 0 radical (unpaired) electrons. The summed E-state index contributed by atoms with van der Waals surface area (Å²) in [5.41, 5.74) is 5.94. The Kier molecular flexibility index (Phi) is 5.33. The van der Waals surface area contributed by atoms with Crippen molar-refractivity contribution in [3.05, 3.63) is 18.3 Å². The molecule has 0 amide bonds. The fraction of sp³-hybridized carbons (Fsp3) is 0.615. The second kappa shape index (κ2) is 7.01. The van der Waals surface area contributed by atoms with Crippen LogP contribution >= 0.6 is 0 Å². The minimum atomic E-state index is -3.51. The fourth-order valence-corrected chi connectivity index (χ4v) is 3.30. The van der Waals surface area contributed by atoms with Crippen molar-refractivity contribution in [1.29, 1.82) is 0 Å². The largest absolute Gasteiger partial charge is 0.397 e. The SMILES string of the molecule is Nc1ccc(S(=O)(=O)NCCCCN2CCCC2)nc1. The van der Waals surface area contributed by atoms with Gasteiger partial charge < -0.3 is 10.6 Å². The maximum absolute atomic E-state index is 11.9. The molecule has 112 valence electrons. The highest BCUT2D eigenvalue weighted by molar-refractivity contribution is 7.89. The van der Waals surface area contributed by atoms with Gasteiger partial charge in [-0.3, -0.25) is 0 Å². The lowest BCUT2D eigenvalue weighted by molar-refractivity contribution is 0.330. The number of nitrogens with zero attached hydrogens (tertiary/aromatic N) is 2. The van der Waals surface area contributed by atoms with Crippen molar-refractivity contribution in [2.75, 3.05) is 31.9 Å². The first-order valence-corrected chi connectivity index (χ1v) is 8.50. The molecule has 3 N–H and O–H groups in total. The molecule has 2 heterocycles. The van der Waals surface area contributed by atoms with Crippen LogP contribution in [0.25, 0.3) is 0 Å². The summed E-state index contributed by atoms with van der Waals surface area (Å²) >= 11 is 0. The van der Waals surface area contributed by atoms with E-state index in [9.17, 15) is 8.42 Å². The second-order valence-electron chi connectivity index (χ2n) is 5.08. The molecular formula is C13H22N4O2S. The first kappa shape index (κ1) is 15.2. The van der Waals surface area contributed by atoms with Gasteiger partial charge in [-0.15, -0.1) is 0 Å². The van der Waals surface area contributed by atoms with Crippen LogP contribution in [-0.2, 0) is 10.0 Å². The summed E-state index contributed by atoms with van der Waals surface area (Å²) in [6, 6.07) is 2.96. The van der Waals surface area contributed by atoms with Gasteiger partial charge in [0.25, 0.3) is 10.0 Å². The average molecular weight is 298 g/mol. The molecule has 0 spiro atoms. The third-order valence-electron chi connectivity index (χ3n) is 3.43. The molecule has 0 saturated carbocycles. The molecule has 0 aliphatic carbocycles. The number of hydrogen-bond donors (Lipinski definition) is 2. The van der Waals surface area contributed by atoms with Gasteiger partial charge >= 0.3 is 0 Å². The lowest BCUT2D eigenvalue weighted by Gasteiger charge is -2.14. The van der Waals surface area contributed by atoms with Gasteiger partial charge in [-0.25, -0.2) is 18.1 Å². The highest BCUT2D eigenvalue weighted by atomic mass is 32.2. The molecule has 1 fully saturated rings. The predicted molar refractivity (Wildman–Crippen MR) is 78.7 cm³/mol. The molecule has 1 aliphatic rings. The van der Waals surface area contributed by atoms with E-state index in [1.54, 1.807) is 0 Å². The van der Waals surface area contributed by atoms with E-state index in [1.165, 1.54) is 44.3 Å². The van der Waals surface area contributed by atoms with Crippen molar-refractivity contribution in [2.45, 2.75) is 30.7 Å². The zero-order valence-electron chi connectivity index (χ0n) is 11.6. The number of pyridine rings is 1. The smallest absolute Gasteiger partial charge is 0.258 e. The summed E-state index contributed by atoms with van der Waals surface area (Å²) in [7, 11) is -3.51. The molecule has 0 aromatic carbocycles. The molecule has 20 heavy (non-hydrogen) atoms. The van der Waals surface area contributed by atoms with Crippen molar-refractivity contribution in [3.8, 4) is 0 Å². The molecule has 0 atom stereocenters. The Morgan fingerprint density at radius 3 is 2.65 bits per heavy atom. The zero-order valence-corrected chi connectivity index (χ0v) is 12.4. The minimum absolute atomic E-state index is 0.0197. The van der Waals surface area contributed by atoms with Crippen molar-refractivity contribution >= 4 is 15.7 Å². The van der Waals surface area contributed by atoms with E-state index in [2.05, 4.69) is 14.6 Å². The highest BCUT2D eigenvalue weighted by Gasteiger charge is 2.15. The lowest BCUT2D eigenvalue weighted by Crippen LogP contribution is -2.27. The summed E-state index contributed by atoms with van der Waals surface area (Å²) in [6.45, 7) is 3.87. The van der Waals surface area contributed by atoms with Crippen molar-refractivity contribution < 1.29 is 8.42 Å². The van der Waals surface area contributed by atoms with Crippen LogP contribution in [0.5, 0.6) is 0 Å². The number of nitrogens with two attached hydrogens (primary N) is 1. The fourth-order valence-electron chi connectivity index (χ4n) is 2.30. The Balaban J connectivity index is 1.71. The molecule has 1 saturated heterocycles. The summed E-state index contributed by atoms with van der Waals surface area (Å²) in [5, 5.41) is 0.0197. The number of sulfonamides is 1. The van der Waals surface area contributed by atoms with Gasteiger partial charge in [0.1, 0.15) is 0 Å². The first-order chi connectivity index (χ1) is 9.58. The van der Waals surface area contributed by atoms with E-state index in [0.29, 0.717) is 12.2 Å². The van der Waals surface area contributed by atoms with Crippen LogP contribution in [0.4, 0.5) is 5.69 Å². The van der Waals surface area contributed by atoms with E-state index < -0.39 is 10.0 Å². The van der Waals surface area contributed by atoms with Crippen LogP contribution in [0, 0.1) is 0 Å². The second-order valence-corrected chi connectivity index (χ2v) is 6.80. The monoisotopic (exact) mass is 298 g/mol. The van der Waals surface area contributed by atoms with Gasteiger partial charge in [0.05, 0.1) is 11.9 Å². The van der Waals surface area contributed by atoms with Gasteiger partial charge in [-0.2, -0.15) is 0 Å². The normalized spacial score (nSPS) is 16.6. The Bertz CT molecular complexity index is 510. The molecule has 1 aromatic rings. The van der Waals surface area contributed by atoms with E-state index in [-0.39, 0.29) is 5.03 Å². The first-order valence-electron chi connectivity index (χ1n) is 7.01. The van der Waals surface area contributed by atoms with E-state index in [4.69, 9.17) is 5.73 Å². The Morgan fingerprint density at radius 2 is 2.00 bits per heavy atom. The average Bonchev–Trinajstić information content (AvgIpc) is 2.92. The third kappa shape index (κ3) is 4.43. The maximum atomic E-state index is 11.9. The van der Waals surface area contributed by atoms with Gasteiger partial charge in [0.2, 0.25) is 0 Å². The third-order valence-corrected chi connectivity index (χ3v) is 4.80. The number of unbranched alkanes of at least 4 members (excludes halogenated alkanes) is 1. The van der Waals surface area contributed by atoms with Crippen LogP contribution in [0.2, 0.25) is 0 Å². The summed E-state index contributed by atoms with van der Waals surface area (Å²) in [4.78, 5) is 6.25. The Hall–Kier alpha value is -1.18.